The Bertz CT molecular complexity index is 879. The highest BCUT2D eigenvalue weighted by atomic mass is 32.2. The lowest BCUT2D eigenvalue weighted by molar-refractivity contribution is -0.115. The molecule has 3 aromatic rings. The van der Waals surface area contributed by atoms with E-state index in [4.69, 9.17) is 4.74 Å². The molecule has 0 aliphatic carbocycles. The summed E-state index contributed by atoms with van der Waals surface area (Å²) in [6.07, 6.45) is 0.423. The van der Waals surface area contributed by atoms with E-state index in [-0.39, 0.29) is 5.91 Å². The number of amides is 1. The van der Waals surface area contributed by atoms with Gasteiger partial charge in [0.1, 0.15) is 5.75 Å². The zero-order valence-corrected chi connectivity index (χ0v) is 15.4. The van der Waals surface area contributed by atoms with Gasteiger partial charge in [-0.2, -0.15) is 0 Å². The second-order valence-electron chi connectivity index (χ2n) is 5.53. The molecule has 0 fully saturated rings. The highest BCUT2D eigenvalue weighted by Crippen LogP contribution is 2.23. The van der Waals surface area contributed by atoms with Crippen LogP contribution in [0.25, 0.3) is 11.4 Å². The van der Waals surface area contributed by atoms with Crippen molar-refractivity contribution in [3.63, 3.8) is 0 Å². The fourth-order valence-electron chi connectivity index (χ4n) is 2.37. The van der Waals surface area contributed by atoms with Crippen LogP contribution in [0, 0.1) is 0 Å². The van der Waals surface area contributed by atoms with Crippen LogP contribution in [0.2, 0.25) is 0 Å². The molecule has 1 aromatic heterocycles. The van der Waals surface area contributed by atoms with Crippen LogP contribution in [0.15, 0.2) is 53.4 Å². The van der Waals surface area contributed by atoms with Crippen LogP contribution < -0.4 is 10.1 Å². The highest BCUT2D eigenvalue weighted by molar-refractivity contribution is 7.99. The van der Waals surface area contributed by atoms with Gasteiger partial charge in [0.05, 0.1) is 7.11 Å². The molecule has 0 saturated carbocycles. The number of nitrogens with zero attached hydrogens (tertiary/aromatic N) is 4. The van der Waals surface area contributed by atoms with Crippen molar-refractivity contribution in [3.8, 4) is 17.1 Å². The van der Waals surface area contributed by atoms with Gasteiger partial charge < -0.3 is 10.1 Å². The number of aryl methyl sites for hydroxylation is 1. The van der Waals surface area contributed by atoms with E-state index < -0.39 is 0 Å². The smallest absolute Gasteiger partial charge is 0.225 e. The van der Waals surface area contributed by atoms with E-state index in [9.17, 15) is 4.79 Å². The van der Waals surface area contributed by atoms with E-state index in [0.29, 0.717) is 18.0 Å². The number of rotatable bonds is 7. The number of thioether (sulfide) groups is 1. The summed E-state index contributed by atoms with van der Waals surface area (Å²) in [6.45, 7) is 0. The Hall–Kier alpha value is -2.87. The highest BCUT2D eigenvalue weighted by Gasteiger charge is 2.08. The van der Waals surface area contributed by atoms with Crippen molar-refractivity contribution in [2.24, 2.45) is 7.05 Å². The predicted molar refractivity (Wildman–Crippen MR) is 101 cm³/mol. The van der Waals surface area contributed by atoms with Crippen molar-refractivity contribution >= 4 is 23.4 Å². The molecule has 134 valence electrons. The summed E-state index contributed by atoms with van der Waals surface area (Å²) in [7, 11) is 3.42. The van der Waals surface area contributed by atoms with Gasteiger partial charge >= 0.3 is 0 Å². The van der Waals surface area contributed by atoms with Gasteiger partial charge in [-0.05, 0) is 46.8 Å². The van der Waals surface area contributed by atoms with E-state index in [1.54, 1.807) is 30.6 Å². The molecule has 8 heteroatoms. The Morgan fingerprint density at radius 1 is 1.23 bits per heavy atom. The number of methoxy groups -OCH3 is 1. The second kappa shape index (κ2) is 8.48. The molecule has 1 amide bonds. The Labute approximate surface area is 155 Å². The summed E-state index contributed by atoms with van der Waals surface area (Å²) >= 11 is 1.64. The Morgan fingerprint density at radius 3 is 2.73 bits per heavy atom. The SMILES string of the molecule is COc1ccc(SCCC(=O)Nc2cccc(-c3nnnn3C)c2)cc1. The van der Waals surface area contributed by atoms with Crippen LogP contribution in [-0.2, 0) is 11.8 Å². The van der Waals surface area contributed by atoms with Gasteiger partial charge in [0, 0.05) is 35.4 Å². The average Bonchev–Trinajstić information content (AvgIpc) is 3.08. The van der Waals surface area contributed by atoms with E-state index in [1.807, 2.05) is 48.5 Å². The minimum absolute atomic E-state index is 0.0285. The largest absolute Gasteiger partial charge is 0.497 e. The van der Waals surface area contributed by atoms with Crippen molar-refractivity contribution in [2.45, 2.75) is 11.3 Å². The molecule has 0 radical (unpaired) electrons. The van der Waals surface area contributed by atoms with Crippen LogP contribution >= 0.6 is 11.8 Å². The van der Waals surface area contributed by atoms with Crippen LogP contribution in [0.3, 0.4) is 0 Å². The Kier molecular flexibility index (Phi) is 5.85. The first-order valence-electron chi connectivity index (χ1n) is 8.05. The molecular formula is C18H19N5O2S. The maximum atomic E-state index is 12.2. The van der Waals surface area contributed by atoms with Crippen molar-refractivity contribution in [3.05, 3.63) is 48.5 Å². The third-order valence-electron chi connectivity index (χ3n) is 3.68. The topological polar surface area (TPSA) is 81.9 Å². The number of ether oxygens (including phenoxy) is 1. The maximum absolute atomic E-state index is 12.2. The molecule has 0 aliphatic rings. The van der Waals surface area contributed by atoms with Crippen molar-refractivity contribution in [1.29, 1.82) is 0 Å². The number of nitrogens with one attached hydrogen (secondary N) is 1. The quantitative estimate of drug-likeness (QED) is 0.645. The van der Waals surface area contributed by atoms with Gasteiger partial charge in [0.25, 0.3) is 0 Å². The molecule has 0 saturated heterocycles. The summed E-state index contributed by atoms with van der Waals surface area (Å²) in [5, 5.41) is 14.4. The molecule has 1 heterocycles. The molecule has 0 bridgehead atoms. The van der Waals surface area contributed by atoms with Crippen LogP contribution in [0.4, 0.5) is 5.69 Å². The van der Waals surface area contributed by atoms with Crippen LogP contribution in [0.1, 0.15) is 6.42 Å². The molecule has 0 spiro atoms. The molecule has 0 atom stereocenters. The Morgan fingerprint density at radius 2 is 2.04 bits per heavy atom. The molecule has 0 aliphatic heterocycles. The number of carbonyl (C=O) groups excluding carboxylic acids is 1. The Balaban J connectivity index is 1.52. The van der Waals surface area contributed by atoms with E-state index in [2.05, 4.69) is 20.8 Å². The van der Waals surface area contributed by atoms with Gasteiger partial charge in [-0.1, -0.05) is 12.1 Å². The number of benzene rings is 2. The zero-order valence-electron chi connectivity index (χ0n) is 14.5. The van der Waals surface area contributed by atoms with E-state index in [0.717, 1.165) is 21.9 Å². The minimum Gasteiger partial charge on any atom is -0.497 e. The monoisotopic (exact) mass is 369 g/mol. The number of hydrogen-bond acceptors (Lipinski definition) is 6. The van der Waals surface area contributed by atoms with Crippen LogP contribution in [0.5, 0.6) is 5.75 Å². The average molecular weight is 369 g/mol. The van der Waals surface area contributed by atoms with Gasteiger partial charge in [0.2, 0.25) is 5.91 Å². The molecule has 26 heavy (non-hydrogen) atoms. The molecule has 0 unspecified atom stereocenters. The number of aromatic nitrogens is 4. The summed E-state index contributed by atoms with van der Waals surface area (Å²) in [5.74, 6) is 2.14. The minimum atomic E-state index is -0.0285. The lowest BCUT2D eigenvalue weighted by Gasteiger charge is -2.07. The first kappa shape index (κ1) is 17.9. The molecule has 1 N–H and O–H groups in total. The summed E-state index contributed by atoms with van der Waals surface area (Å²) < 4.78 is 6.72. The van der Waals surface area contributed by atoms with Crippen molar-refractivity contribution in [1.82, 2.24) is 20.2 Å². The van der Waals surface area contributed by atoms with Gasteiger partial charge in [-0.15, -0.1) is 16.9 Å². The van der Waals surface area contributed by atoms with Gasteiger partial charge in [-0.25, -0.2) is 4.68 Å². The first-order valence-corrected chi connectivity index (χ1v) is 9.04. The van der Waals surface area contributed by atoms with Crippen LogP contribution in [-0.4, -0.2) is 39.0 Å². The van der Waals surface area contributed by atoms with E-state index in [1.165, 1.54) is 0 Å². The second-order valence-corrected chi connectivity index (χ2v) is 6.70. The lowest BCUT2D eigenvalue weighted by Crippen LogP contribution is -2.12. The molecular weight excluding hydrogens is 350 g/mol. The summed E-state index contributed by atoms with van der Waals surface area (Å²) in [5.41, 5.74) is 1.58. The lowest BCUT2D eigenvalue weighted by atomic mass is 10.2. The summed E-state index contributed by atoms with van der Waals surface area (Å²) in [6, 6.07) is 15.3. The van der Waals surface area contributed by atoms with Gasteiger partial charge in [0.15, 0.2) is 5.82 Å². The number of hydrogen-bond donors (Lipinski definition) is 1. The van der Waals surface area contributed by atoms with Crippen molar-refractivity contribution < 1.29 is 9.53 Å². The fourth-order valence-corrected chi connectivity index (χ4v) is 3.22. The standard InChI is InChI=1S/C18H19N5O2S/c1-23-18(20-21-22-23)13-4-3-5-14(12-13)19-17(24)10-11-26-16-8-6-15(25-2)7-9-16/h3-9,12H,10-11H2,1-2H3,(H,19,24). The third kappa shape index (κ3) is 4.60. The number of carbonyl (C=O) groups is 1. The molecule has 2 aromatic carbocycles. The zero-order chi connectivity index (χ0) is 18.4. The number of tetrazole rings is 1. The molecule has 7 nitrogen and oxygen atoms in total. The van der Waals surface area contributed by atoms with Gasteiger partial charge in [-0.3, -0.25) is 4.79 Å². The summed E-state index contributed by atoms with van der Waals surface area (Å²) in [4.78, 5) is 13.3. The van der Waals surface area contributed by atoms with Crippen molar-refractivity contribution in [2.75, 3.05) is 18.2 Å². The van der Waals surface area contributed by atoms with E-state index >= 15 is 0 Å². The maximum Gasteiger partial charge on any atom is 0.225 e. The fraction of sp³-hybridized carbons (Fsp3) is 0.222. The molecule has 3 rings (SSSR count). The normalized spacial score (nSPS) is 10.5. The first-order chi connectivity index (χ1) is 12.7. The third-order valence-corrected chi connectivity index (χ3v) is 4.70. The predicted octanol–water partition coefficient (Wildman–Crippen LogP) is 3.01. The number of anilines is 1.